The van der Waals surface area contributed by atoms with E-state index in [2.05, 4.69) is 5.32 Å². The minimum Gasteiger partial charge on any atom is -0.508 e. The Morgan fingerprint density at radius 1 is 1.50 bits per heavy atom. The van der Waals surface area contributed by atoms with Crippen molar-refractivity contribution in [1.82, 2.24) is 5.32 Å². The first-order chi connectivity index (χ1) is 7.72. The number of rotatable bonds is 6. The summed E-state index contributed by atoms with van der Waals surface area (Å²) in [6, 6.07) is 6.71. The van der Waals surface area contributed by atoms with Crippen molar-refractivity contribution in [2.45, 2.75) is 12.8 Å². The zero-order chi connectivity index (χ0) is 11.8. The van der Waals surface area contributed by atoms with E-state index in [0.29, 0.717) is 19.6 Å². The molecule has 0 unspecified atom stereocenters. The molecule has 1 aromatic carbocycles. The van der Waals surface area contributed by atoms with Gasteiger partial charge in [-0.05, 0) is 24.1 Å². The van der Waals surface area contributed by atoms with Crippen LogP contribution in [0.4, 0.5) is 0 Å². The van der Waals surface area contributed by atoms with Gasteiger partial charge in [-0.25, -0.2) is 0 Å². The van der Waals surface area contributed by atoms with E-state index in [-0.39, 0.29) is 11.7 Å². The van der Waals surface area contributed by atoms with Crippen LogP contribution in [0.5, 0.6) is 5.75 Å². The van der Waals surface area contributed by atoms with Crippen molar-refractivity contribution in [3.8, 4) is 5.75 Å². The Morgan fingerprint density at radius 3 is 3.00 bits per heavy atom. The minimum atomic E-state index is -0.0401. The molecule has 0 aliphatic rings. The first-order valence-electron chi connectivity index (χ1n) is 5.26. The molecule has 0 saturated carbocycles. The Balaban J connectivity index is 2.29. The zero-order valence-electron chi connectivity index (χ0n) is 9.40. The summed E-state index contributed by atoms with van der Waals surface area (Å²) in [6.45, 7) is 1.26. The van der Waals surface area contributed by atoms with Crippen molar-refractivity contribution in [3.63, 3.8) is 0 Å². The van der Waals surface area contributed by atoms with E-state index in [1.165, 1.54) is 0 Å². The molecule has 0 atom stereocenters. The highest BCUT2D eigenvalue weighted by atomic mass is 16.5. The van der Waals surface area contributed by atoms with Gasteiger partial charge in [-0.3, -0.25) is 4.79 Å². The van der Waals surface area contributed by atoms with Crippen molar-refractivity contribution in [1.29, 1.82) is 0 Å². The maximum Gasteiger partial charge on any atom is 0.224 e. The summed E-state index contributed by atoms with van der Waals surface area (Å²) in [7, 11) is 1.63. The van der Waals surface area contributed by atoms with Gasteiger partial charge in [0.15, 0.2) is 0 Å². The Bertz CT molecular complexity index is 339. The lowest BCUT2D eigenvalue weighted by Crippen LogP contribution is -2.26. The Kier molecular flexibility index (Phi) is 5.36. The van der Waals surface area contributed by atoms with Gasteiger partial charge in [-0.2, -0.15) is 0 Å². The van der Waals surface area contributed by atoms with Gasteiger partial charge in [0, 0.05) is 20.3 Å². The molecule has 0 radical (unpaired) electrons. The maximum absolute atomic E-state index is 11.5. The van der Waals surface area contributed by atoms with Crippen LogP contribution in [-0.2, 0) is 16.0 Å². The largest absolute Gasteiger partial charge is 0.508 e. The van der Waals surface area contributed by atoms with Gasteiger partial charge < -0.3 is 15.2 Å². The van der Waals surface area contributed by atoms with Crippen LogP contribution in [-0.4, -0.2) is 31.3 Å². The molecule has 16 heavy (non-hydrogen) atoms. The highest BCUT2D eigenvalue weighted by molar-refractivity contribution is 5.78. The summed E-state index contributed by atoms with van der Waals surface area (Å²) in [5.74, 6) is 0.145. The van der Waals surface area contributed by atoms with Crippen LogP contribution in [0.2, 0.25) is 0 Å². The number of benzene rings is 1. The average molecular weight is 223 g/mol. The van der Waals surface area contributed by atoms with E-state index in [1.54, 1.807) is 25.3 Å². The molecule has 1 aromatic rings. The minimum absolute atomic E-state index is 0.0401. The van der Waals surface area contributed by atoms with E-state index >= 15 is 0 Å². The Hall–Kier alpha value is -1.55. The monoisotopic (exact) mass is 223 g/mol. The summed E-state index contributed by atoms with van der Waals surface area (Å²) < 4.78 is 4.87. The predicted octanol–water partition coefficient (Wildman–Crippen LogP) is 1.09. The van der Waals surface area contributed by atoms with E-state index in [1.807, 2.05) is 6.07 Å². The Morgan fingerprint density at radius 2 is 2.31 bits per heavy atom. The van der Waals surface area contributed by atoms with E-state index in [4.69, 9.17) is 4.74 Å². The molecule has 0 aliphatic heterocycles. The predicted molar refractivity (Wildman–Crippen MR) is 61.3 cm³/mol. The van der Waals surface area contributed by atoms with Gasteiger partial charge in [0.2, 0.25) is 5.91 Å². The molecule has 88 valence electrons. The number of ether oxygens (including phenoxy) is 1. The van der Waals surface area contributed by atoms with Crippen molar-refractivity contribution >= 4 is 5.91 Å². The molecule has 0 aromatic heterocycles. The van der Waals surface area contributed by atoms with Gasteiger partial charge in [0.05, 0.1) is 6.42 Å². The molecule has 0 heterocycles. The molecule has 0 saturated heterocycles. The molecular weight excluding hydrogens is 206 g/mol. The number of carbonyl (C=O) groups excluding carboxylic acids is 1. The third-order valence-electron chi connectivity index (χ3n) is 2.12. The quantitative estimate of drug-likeness (QED) is 0.710. The topological polar surface area (TPSA) is 58.6 Å². The molecule has 0 fully saturated rings. The number of phenolic OH excluding ortho intramolecular Hbond substituents is 1. The maximum atomic E-state index is 11.5. The second kappa shape index (κ2) is 6.85. The zero-order valence-corrected chi connectivity index (χ0v) is 9.40. The first kappa shape index (κ1) is 12.5. The summed E-state index contributed by atoms with van der Waals surface area (Å²) >= 11 is 0. The van der Waals surface area contributed by atoms with Crippen LogP contribution in [0.25, 0.3) is 0 Å². The normalized spacial score (nSPS) is 10.1. The van der Waals surface area contributed by atoms with Crippen LogP contribution >= 0.6 is 0 Å². The summed E-state index contributed by atoms with van der Waals surface area (Å²) in [5, 5.41) is 12.0. The van der Waals surface area contributed by atoms with Crippen LogP contribution in [0.1, 0.15) is 12.0 Å². The lowest BCUT2D eigenvalue weighted by atomic mass is 10.1. The smallest absolute Gasteiger partial charge is 0.224 e. The highest BCUT2D eigenvalue weighted by Gasteiger charge is 2.02. The summed E-state index contributed by atoms with van der Waals surface area (Å²) in [4.78, 5) is 11.5. The van der Waals surface area contributed by atoms with Crippen LogP contribution in [0, 0.1) is 0 Å². The third-order valence-corrected chi connectivity index (χ3v) is 2.12. The Labute approximate surface area is 95.2 Å². The first-order valence-corrected chi connectivity index (χ1v) is 5.26. The molecule has 0 spiro atoms. The second-order valence-corrected chi connectivity index (χ2v) is 3.54. The number of carbonyl (C=O) groups is 1. The van der Waals surface area contributed by atoms with Crippen molar-refractivity contribution in [3.05, 3.63) is 29.8 Å². The van der Waals surface area contributed by atoms with E-state index in [9.17, 15) is 9.90 Å². The lowest BCUT2D eigenvalue weighted by molar-refractivity contribution is -0.120. The van der Waals surface area contributed by atoms with Crippen LogP contribution < -0.4 is 5.32 Å². The molecule has 0 bridgehead atoms. The highest BCUT2D eigenvalue weighted by Crippen LogP contribution is 2.10. The molecular formula is C12H17NO3. The van der Waals surface area contributed by atoms with Crippen molar-refractivity contribution in [2.24, 2.45) is 0 Å². The number of nitrogens with one attached hydrogen (secondary N) is 1. The standard InChI is InChI=1S/C12H17NO3/c1-16-7-3-6-13-12(15)9-10-4-2-5-11(14)8-10/h2,4-5,8,14H,3,6-7,9H2,1H3,(H,13,15). The molecule has 4 nitrogen and oxygen atoms in total. The van der Waals surface area contributed by atoms with Gasteiger partial charge >= 0.3 is 0 Å². The molecule has 2 N–H and O–H groups in total. The van der Waals surface area contributed by atoms with E-state index in [0.717, 1.165) is 12.0 Å². The number of hydrogen-bond donors (Lipinski definition) is 2. The van der Waals surface area contributed by atoms with Gasteiger partial charge in [0.1, 0.15) is 5.75 Å². The number of methoxy groups -OCH3 is 1. The van der Waals surface area contributed by atoms with Crippen LogP contribution in [0.3, 0.4) is 0 Å². The average Bonchev–Trinajstić information content (AvgIpc) is 2.24. The fraction of sp³-hybridized carbons (Fsp3) is 0.417. The molecule has 4 heteroatoms. The number of hydrogen-bond acceptors (Lipinski definition) is 3. The summed E-state index contributed by atoms with van der Waals surface area (Å²) in [5.41, 5.74) is 0.809. The van der Waals surface area contributed by atoms with Gasteiger partial charge in [-0.1, -0.05) is 12.1 Å². The van der Waals surface area contributed by atoms with Gasteiger partial charge in [0.25, 0.3) is 0 Å². The second-order valence-electron chi connectivity index (χ2n) is 3.54. The molecule has 1 rings (SSSR count). The van der Waals surface area contributed by atoms with Gasteiger partial charge in [-0.15, -0.1) is 0 Å². The fourth-order valence-corrected chi connectivity index (χ4v) is 1.36. The molecule has 1 amide bonds. The fourth-order valence-electron chi connectivity index (χ4n) is 1.36. The SMILES string of the molecule is COCCCNC(=O)Cc1cccc(O)c1. The van der Waals surface area contributed by atoms with Crippen molar-refractivity contribution in [2.75, 3.05) is 20.3 Å². The molecule has 0 aliphatic carbocycles. The van der Waals surface area contributed by atoms with Crippen molar-refractivity contribution < 1.29 is 14.6 Å². The number of amides is 1. The third kappa shape index (κ3) is 4.79. The van der Waals surface area contributed by atoms with Crippen LogP contribution in [0.15, 0.2) is 24.3 Å². The lowest BCUT2D eigenvalue weighted by Gasteiger charge is -2.05. The number of phenols is 1. The van der Waals surface area contributed by atoms with E-state index < -0.39 is 0 Å². The summed E-state index contributed by atoms with van der Waals surface area (Å²) in [6.07, 6.45) is 1.10. The number of aromatic hydroxyl groups is 1.